The Morgan fingerprint density at radius 2 is 1.68 bits per heavy atom. The minimum absolute atomic E-state index is 0.0413. The molecule has 0 aliphatic rings. The zero-order chi connectivity index (χ0) is 15.8. The third-order valence-electron chi connectivity index (χ3n) is 3.23. The lowest BCUT2D eigenvalue weighted by molar-refractivity contribution is -0.116. The number of methoxy groups -OCH3 is 1. The molecule has 0 fully saturated rings. The van der Waals surface area contributed by atoms with E-state index in [0.29, 0.717) is 12.2 Å². The average Bonchev–Trinajstić information content (AvgIpc) is 2.54. The monoisotopic (exact) mass is 295 g/mol. The molecule has 2 aromatic rings. The van der Waals surface area contributed by atoms with Gasteiger partial charge in [-0.25, -0.2) is 0 Å². The van der Waals surface area contributed by atoms with E-state index in [4.69, 9.17) is 4.74 Å². The molecule has 0 radical (unpaired) electrons. The Morgan fingerprint density at radius 3 is 2.27 bits per heavy atom. The van der Waals surface area contributed by atoms with E-state index < -0.39 is 0 Å². The predicted octanol–water partition coefficient (Wildman–Crippen LogP) is 3.38. The van der Waals surface area contributed by atoms with Gasteiger partial charge in [0.2, 0.25) is 0 Å². The fourth-order valence-electron chi connectivity index (χ4n) is 2.21. The van der Waals surface area contributed by atoms with Crippen molar-refractivity contribution in [3.8, 4) is 0 Å². The van der Waals surface area contributed by atoms with Gasteiger partial charge in [0.05, 0.1) is 6.61 Å². The molecule has 2 aromatic carbocycles. The van der Waals surface area contributed by atoms with Crippen molar-refractivity contribution in [1.82, 2.24) is 5.32 Å². The molecular weight excluding hydrogens is 274 g/mol. The lowest BCUT2D eigenvalue weighted by atomic mass is 10.0. The molecule has 2 rings (SSSR count). The fraction of sp³-hybridized carbons (Fsp3) is 0.211. The van der Waals surface area contributed by atoms with Gasteiger partial charge >= 0.3 is 0 Å². The van der Waals surface area contributed by atoms with Crippen LogP contribution in [-0.2, 0) is 9.53 Å². The zero-order valence-corrected chi connectivity index (χ0v) is 13.0. The molecule has 114 valence electrons. The van der Waals surface area contributed by atoms with Gasteiger partial charge in [0, 0.05) is 18.7 Å². The summed E-state index contributed by atoms with van der Waals surface area (Å²) in [5, 5.41) is 2.97. The van der Waals surface area contributed by atoms with Crippen LogP contribution in [0.1, 0.15) is 18.1 Å². The van der Waals surface area contributed by atoms with Gasteiger partial charge in [-0.05, 0) is 24.1 Å². The van der Waals surface area contributed by atoms with Crippen molar-refractivity contribution in [2.75, 3.05) is 13.7 Å². The van der Waals surface area contributed by atoms with Gasteiger partial charge in [-0.15, -0.1) is 0 Å². The highest BCUT2D eigenvalue weighted by atomic mass is 16.5. The molecule has 0 bridgehead atoms. The van der Waals surface area contributed by atoms with Crippen LogP contribution in [0.4, 0.5) is 0 Å². The number of carbonyl (C=O) groups is 1. The third-order valence-corrected chi connectivity index (χ3v) is 3.23. The first-order chi connectivity index (χ1) is 10.7. The summed E-state index contributed by atoms with van der Waals surface area (Å²) in [6.45, 7) is 2.41. The summed E-state index contributed by atoms with van der Waals surface area (Å²) in [7, 11) is 1.63. The molecule has 0 aromatic heterocycles. The number of benzene rings is 2. The van der Waals surface area contributed by atoms with E-state index in [-0.39, 0.29) is 11.9 Å². The topological polar surface area (TPSA) is 38.3 Å². The van der Waals surface area contributed by atoms with Gasteiger partial charge in [0.25, 0.3) is 5.91 Å². The fourth-order valence-corrected chi connectivity index (χ4v) is 2.21. The van der Waals surface area contributed by atoms with Crippen molar-refractivity contribution in [3.05, 3.63) is 71.8 Å². The van der Waals surface area contributed by atoms with Crippen molar-refractivity contribution in [2.45, 2.75) is 13.0 Å². The second-order valence-electron chi connectivity index (χ2n) is 5.16. The molecule has 0 saturated carbocycles. The number of hydrogen-bond donors (Lipinski definition) is 1. The summed E-state index contributed by atoms with van der Waals surface area (Å²) in [5.74, 6) is -0.0976. The molecule has 0 aliphatic heterocycles. The Labute approximate surface area is 131 Å². The molecule has 1 N–H and O–H groups in total. The van der Waals surface area contributed by atoms with E-state index in [9.17, 15) is 4.79 Å². The largest absolute Gasteiger partial charge is 0.383 e. The third kappa shape index (κ3) is 4.57. The Balaban J connectivity index is 2.30. The average molecular weight is 295 g/mol. The summed E-state index contributed by atoms with van der Waals surface area (Å²) in [6, 6.07) is 19.5. The molecule has 1 atom stereocenters. The first-order valence-electron chi connectivity index (χ1n) is 7.32. The van der Waals surface area contributed by atoms with Crippen LogP contribution in [-0.4, -0.2) is 25.7 Å². The van der Waals surface area contributed by atoms with Crippen LogP contribution >= 0.6 is 0 Å². The maximum Gasteiger partial charge on any atom is 0.252 e. The Hall–Kier alpha value is -2.39. The maximum absolute atomic E-state index is 12.6. The summed E-state index contributed by atoms with van der Waals surface area (Å²) in [6.07, 6.45) is 1.91. The van der Waals surface area contributed by atoms with Crippen LogP contribution in [0.5, 0.6) is 0 Å². The number of ether oxygens (including phenoxy) is 1. The summed E-state index contributed by atoms with van der Waals surface area (Å²) >= 11 is 0. The molecule has 3 nitrogen and oxygen atoms in total. The summed E-state index contributed by atoms with van der Waals surface area (Å²) in [4.78, 5) is 12.6. The minimum atomic E-state index is -0.0976. The van der Waals surface area contributed by atoms with E-state index >= 15 is 0 Å². The highest BCUT2D eigenvalue weighted by Crippen LogP contribution is 2.18. The number of amides is 1. The second-order valence-corrected chi connectivity index (χ2v) is 5.16. The van der Waals surface area contributed by atoms with Gasteiger partial charge in [0.15, 0.2) is 0 Å². The van der Waals surface area contributed by atoms with Crippen molar-refractivity contribution in [3.63, 3.8) is 0 Å². The second kappa shape index (κ2) is 8.15. The number of carbonyl (C=O) groups excluding carboxylic acids is 1. The zero-order valence-electron chi connectivity index (χ0n) is 13.0. The summed E-state index contributed by atoms with van der Waals surface area (Å²) in [5.41, 5.74) is 2.54. The van der Waals surface area contributed by atoms with Gasteiger partial charge in [-0.1, -0.05) is 60.7 Å². The predicted molar refractivity (Wildman–Crippen MR) is 90.2 cm³/mol. The minimum Gasteiger partial charge on any atom is -0.383 e. The van der Waals surface area contributed by atoms with Crippen LogP contribution < -0.4 is 5.32 Å². The highest BCUT2D eigenvalue weighted by molar-refractivity contribution is 6.24. The molecule has 22 heavy (non-hydrogen) atoms. The lowest BCUT2D eigenvalue weighted by Crippen LogP contribution is -2.36. The van der Waals surface area contributed by atoms with Crippen molar-refractivity contribution < 1.29 is 9.53 Å². The molecule has 0 saturated heterocycles. The van der Waals surface area contributed by atoms with Crippen molar-refractivity contribution in [1.29, 1.82) is 0 Å². The molecule has 0 heterocycles. The first kappa shape index (κ1) is 16.0. The van der Waals surface area contributed by atoms with Crippen LogP contribution in [0.3, 0.4) is 0 Å². The van der Waals surface area contributed by atoms with Crippen LogP contribution in [0.15, 0.2) is 60.7 Å². The molecule has 1 amide bonds. The quantitative estimate of drug-likeness (QED) is 0.655. The van der Waals surface area contributed by atoms with Gasteiger partial charge in [-0.3, -0.25) is 4.79 Å². The van der Waals surface area contributed by atoms with Crippen molar-refractivity contribution in [2.24, 2.45) is 0 Å². The maximum atomic E-state index is 12.6. The van der Waals surface area contributed by atoms with Crippen LogP contribution in [0.25, 0.3) is 11.6 Å². The molecular formula is C19H21NO2. The van der Waals surface area contributed by atoms with Gasteiger partial charge < -0.3 is 10.1 Å². The molecule has 3 heteroatoms. The Kier molecular flexibility index (Phi) is 5.92. The Bertz CT molecular complexity index is 620. The van der Waals surface area contributed by atoms with Crippen molar-refractivity contribution >= 4 is 17.6 Å². The van der Waals surface area contributed by atoms with E-state index in [1.54, 1.807) is 7.11 Å². The van der Waals surface area contributed by atoms with E-state index in [2.05, 4.69) is 5.32 Å². The highest BCUT2D eigenvalue weighted by Gasteiger charge is 2.14. The lowest BCUT2D eigenvalue weighted by Gasteiger charge is -2.15. The normalized spacial score (nSPS) is 12.7. The molecule has 0 unspecified atom stereocenters. The van der Waals surface area contributed by atoms with E-state index in [0.717, 1.165) is 11.1 Å². The van der Waals surface area contributed by atoms with Gasteiger partial charge in [0.1, 0.15) is 0 Å². The van der Waals surface area contributed by atoms with E-state index in [1.165, 1.54) is 0 Å². The van der Waals surface area contributed by atoms with E-state index in [1.807, 2.05) is 73.7 Å². The smallest absolute Gasteiger partial charge is 0.252 e. The number of nitrogens with one attached hydrogen (secondary N) is 1. The molecule has 0 aliphatic carbocycles. The first-order valence-corrected chi connectivity index (χ1v) is 7.32. The van der Waals surface area contributed by atoms with Crippen LogP contribution in [0, 0.1) is 0 Å². The Morgan fingerprint density at radius 1 is 1.09 bits per heavy atom. The van der Waals surface area contributed by atoms with Crippen LogP contribution in [0.2, 0.25) is 0 Å². The summed E-state index contributed by atoms with van der Waals surface area (Å²) < 4.78 is 5.07. The number of rotatable bonds is 6. The standard InChI is InChI=1S/C19H21NO2/c1-15(14-22-2)20-19(21)18(17-11-7-4-8-12-17)13-16-9-5-3-6-10-16/h3-13,15H,14H2,1-2H3,(H,20,21)/b18-13+/t15-/m0/s1. The SMILES string of the molecule is COC[C@H](C)NC(=O)/C(=C/c1ccccc1)c1ccccc1. The molecule has 0 spiro atoms. The van der Waals surface area contributed by atoms with Gasteiger partial charge in [-0.2, -0.15) is 0 Å². The number of hydrogen-bond acceptors (Lipinski definition) is 2.